The van der Waals surface area contributed by atoms with Crippen molar-refractivity contribution in [2.24, 2.45) is 16.3 Å². The van der Waals surface area contributed by atoms with E-state index in [1.165, 1.54) is 58.0 Å². The van der Waals surface area contributed by atoms with Gasteiger partial charge in [-0.1, -0.05) is 12.8 Å². The van der Waals surface area contributed by atoms with Crippen LogP contribution in [0, 0.1) is 11.3 Å². The number of aliphatic imine (C=N–C) groups is 1. The molecule has 2 aliphatic carbocycles. The summed E-state index contributed by atoms with van der Waals surface area (Å²) in [5, 5.41) is 7.06. The van der Waals surface area contributed by atoms with E-state index in [0.29, 0.717) is 5.41 Å². The van der Waals surface area contributed by atoms with Gasteiger partial charge < -0.3 is 20.3 Å². The molecule has 1 aliphatic heterocycles. The standard InChI is InChI=1S/C20H38N4O.HI/c1-3-21-19(22-14-17-8-12-24(15-17)18-6-7-18)23-16-20(11-13-25-2)9-4-5-10-20;/h17-18H,3-16H2,1-2H3,(H2,21,22,23);1H. The van der Waals surface area contributed by atoms with Gasteiger partial charge in [0.05, 0.1) is 0 Å². The van der Waals surface area contributed by atoms with E-state index in [2.05, 4.69) is 22.5 Å². The zero-order chi connectivity index (χ0) is 17.5. The molecule has 26 heavy (non-hydrogen) atoms. The summed E-state index contributed by atoms with van der Waals surface area (Å²) in [7, 11) is 1.81. The molecule has 1 atom stereocenters. The lowest BCUT2D eigenvalue weighted by atomic mass is 9.83. The Morgan fingerprint density at radius 2 is 1.96 bits per heavy atom. The quantitative estimate of drug-likeness (QED) is 0.304. The Kier molecular flexibility index (Phi) is 9.44. The fourth-order valence-electron chi connectivity index (χ4n) is 4.56. The Labute approximate surface area is 177 Å². The van der Waals surface area contributed by atoms with Crippen molar-refractivity contribution in [3.63, 3.8) is 0 Å². The summed E-state index contributed by atoms with van der Waals surface area (Å²) in [4.78, 5) is 7.66. The second-order valence-corrected chi connectivity index (χ2v) is 8.41. The lowest BCUT2D eigenvalue weighted by Crippen LogP contribution is -2.41. The molecule has 6 heteroatoms. The predicted octanol–water partition coefficient (Wildman–Crippen LogP) is 3.24. The van der Waals surface area contributed by atoms with Crippen molar-refractivity contribution in [3.05, 3.63) is 0 Å². The van der Waals surface area contributed by atoms with E-state index in [1.807, 2.05) is 7.11 Å². The number of nitrogens with one attached hydrogen (secondary N) is 2. The van der Waals surface area contributed by atoms with Crippen molar-refractivity contribution in [2.45, 2.75) is 64.3 Å². The summed E-state index contributed by atoms with van der Waals surface area (Å²) in [6, 6.07) is 0.912. The third kappa shape index (κ3) is 6.51. The van der Waals surface area contributed by atoms with Crippen LogP contribution in [0.15, 0.2) is 4.99 Å². The van der Waals surface area contributed by atoms with E-state index in [0.717, 1.165) is 50.6 Å². The number of ether oxygens (including phenoxy) is 1. The first-order valence-corrected chi connectivity index (χ1v) is 10.5. The van der Waals surface area contributed by atoms with Crippen LogP contribution in [-0.2, 0) is 4.74 Å². The Bertz CT molecular complexity index is 436. The first kappa shape index (κ1) is 22.2. The van der Waals surface area contributed by atoms with Crippen LogP contribution in [0.2, 0.25) is 0 Å². The maximum absolute atomic E-state index is 5.35. The molecule has 3 rings (SSSR count). The number of hydrogen-bond donors (Lipinski definition) is 2. The van der Waals surface area contributed by atoms with Crippen LogP contribution in [0.4, 0.5) is 0 Å². The number of likely N-dealkylation sites (tertiary alicyclic amines) is 1. The van der Waals surface area contributed by atoms with Gasteiger partial charge in [-0.3, -0.25) is 4.99 Å². The zero-order valence-corrected chi connectivity index (χ0v) is 19.1. The number of nitrogens with zero attached hydrogens (tertiary/aromatic N) is 2. The smallest absolute Gasteiger partial charge is 0.191 e. The third-order valence-corrected chi connectivity index (χ3v) is 6.36. The highest BCUT2D eigenvalue weighted by atomic mass is 127. The Morgan fingerprint density at radius 3 is 2.62 bits per heavy atom. The van der Waals surface area contributed by atoms with Crippen LogP contribution >= 0.6 is 24.0 Å². The molecule has 0 aromatic rings. The Hall–Kier alpha value is -0.0800. The molecule has 1 saturated heterocycles. The molecule has 152 valence electrons. The molecule has 2 N–H and O–H groups in total. The van der Waals surface area contributed by atoms with Gasteiger partial charge in [-0.15, -0.1) is 24.0 Å². The molecule has 0 aromatic carbocycles. The van der Waals surface area contributed by atoms with E-state index in [4.69, 9.17) is 9.73 Å². The lowest BCUT2D eigenvalue weighted by Gasteiger charge is -2.27. The summed E-state index contributed by atoms with van der Waals surface area (Å²) in [5.74, 6) is 1.79. The summed E-state index contributed by atoms with van der Waals surface area (Å²) in [5.41, 5.74) is 0.370. The molecule has 3 aliphatic rings. The van der Waals surface area contributed by atoms with Crippen LogP contribution < -0.4 is 10.6 Å². The van der Waals surface area contributed by atoms with Crippen LogP contribution in [0.5, 0.6) is 0 Å². The molecule has 0 aromatic heterocycles. The van der Waals surface area contributed by atoms with Gasteiger partial charge in [0, 0.05) is 45.9 Å². The van der Waals surface area contributed by atoms with Gasteiger partial charge in [0.15, 0.2) is 5.96 Å². The van der Waals surface area contributed by atoms with Crippen LogP contribution in [0.25, 0.3) is 0 Å². The number of methoxy groups -OCH3 is 1. The molecule has 1 heterocycles. The molecule has 1 unspecified atom stereocenters. The highest BCUT2D eigenvalue weighted by molar-refractivity contribution is 14.0. The second-order valence-electron chi connectivity index (χ2n) is 8.41. The van der Waals surface area contributed by atoms with Gasteiger partial charge in [0.2, 0.25) is 0 Å². The highest BCUT2D eigenvalue weighted by Gasteiger charge is 2.35. The SMILES string of the molecule is CCNC(=NCC1(CCOC)CCCC1)NCC1CCN(C2CC2)C1.I. The van der Waals surface area contributed by atoms with Crippen molar-refractivity contribution in [3.8, 4) is 0 Å². The van der Waals surface area contributed by atoms with Crippen molar-refractivity contribution in [1.82, 2.24) is 15.5 Å². The molecule has 0 amide bonds. The largest absolute Gasteiger partial charge is 0.385 e. The van der Waals surface area contributed by atoms with Gasteiger partial charge in [-0.25, -0.2) is 0 Å². The molecule has 3 fully saturated rings. The summed E-state index contributed by atoms with van der Waals surface area (Å²) >= 11 is 0. The fraction of sp³-hybridized carbons (Fsp3) is 0.950. The van der Waals surface area contributed by atoms with Crippen molar-refractivity contribution in [1.29, 1.82) is 0 Å². The first-order chi connectivity index (χ1) is 12.2. The molecule has 2 saturated carbocycles. The van der Waals surface area contributed by atoms with Crippen molar-refractivity contribution in [2.75, 3.05) is 46.4 Å². The van der Waals surface area contributed by atoms with Gasteiger partial charge in [-0.2, -0.15) is 0 Å². The molecular weight excluding hydrogens is 439 g/mol. The summed E-state index contributed by atoms with van der Waals surface area (Å²) in [6.45, 7) is 8.50. The van der Waals surface area contributed by atoms with Gasteiger partial charge in [0.1, 0.15) is 0 Å². The molecule has 0 spiro atoms. The van der Waals surface area contributed by atoms with Gasteiger partial charge in [-0.05, 0) is 63.3 Å². The average Bonchev–Trinajstić information content (AvgIpc) is 3.19. The van der Waals surface area contributed by atoms with Gasteiger partial charge in [0.25, 0.3) is 0 Å². The minimum atomic E-state index is 0. The fourth-order valence-corrected chi connectivity index (χ4v) is 4.56. The van der Waals surface area contributed by atoms with E-state index in [-0.39, 0.29) is 24.0 Å². The molecular formula is C20H39IN4O. The summed E-state index contributed by atoms with van der Waals surface area (Å²) < 4.78 is 5.35. The van der Waals surface area contributed by atoms with E-state index >= 15 is 0 Å². The van der Waals surface area contributed by atoms with E-state index in [1.54, 1.807) is 0 Å². The molecule has 0 bridgehead atoms. The normalized spacial score (nSPS) is 25.9. The van der Waals surface area contributed by atoms with Crippen LogP contribution in [-0.4, -0.2) is 63.3 Å². The van der Waals surface area contributed by atoms with E-state index in [9.17, 15) is 0 Å². The molecule has 5 nitrogen and oxygen atoms in total. The minimum Gasteiger partial charge on any atom is -0.385 e. The van der Waals surface area contributed by atoms with Crippen LogP contribution in [0.1, 0.15) is 58.3 Å². The maximum atomic E-state index is 5.35. The Morgan fingerprint density at radius 1 is 1.19 bits per heavy atom. The second kappa shape index (κ2) is 11.1. The zero-order valence-electron chi connectivity index (χ0n) is 16.8. The maximum Gasteiger partial charge on any atom is 0.191 e. The number of hydrogen-bond acceptors (Lipinski definition) is 3. The number of guanidine groups is 1. The number of rotatable bonds is 9. The predicted molar refractivity (Wildman–Crippen MR) is 119 cm³/mol. The van der Waals surface area contributed by atoms with Crippen molar-refractivity contribution < 1.29 is 4.74 Å². The number of halogens is 1. The van der Waals surface area contributed by atoms with Gasteiger partial charge >= 0.3 is 0 Å². The minimum absolute atomic E-state index is 0. The molecule has 0 radical (unpaired) electrons. The third-order valence-electron chi connectivity index (χ3n) is 6.36. The lowest BCUT2D eigenvalue weighted by molar-refractivity contribution is 0.141. The summed E-state index contributed by atoms with van der Waals surface area (Å²) in [6.07, 6.45) is 10.6. The average molecular weight is 478 g/mol. The topological polar surface area (TPSA) is 48.9 Å². The van der Waals surface area contributed by atoms with Crippen molar-refractivity contribution >= 4 is 29.9 Å². The first-order valence-electron chi connectivity index (χ1n) is 10.5. The Balaban J connectivity index is 0.00000243. The van der Waals surface area contributed by atoms with Crippen LogP contribution in [0.3, 0.4) is 0 Å². The highest BCUT2D eigenvalue weighted by Crippen LogP contribution is 2.41. The monoisotopic (exact) mass is 478 g/mol. The van der Waals surface area contributed by atoms with E-state index < -0.39 is 0 Å².